The number of fused-ring (bicyclic) bond motifs is 2. The Bertz CT molecular complexity index is 2630. The molecule has 0 atom stereocenters. The maximum atomic E-state index is 5.13. The zero-order valence-corrected chi connectivity index (χ0v) is 27.2. The first-order chi connectivity index (χ1) is 24.8. The van der Waals surface area contributed by atoms with Gasteiger partial charge in [0.25, 0.3) is 0 Å². The minimum Gasteiger partial charge on any atom is -0.208 e. The van der Waals surface area contributed by atoms with Crippen molar-refractivity contribution in [3.05, 3.63) is 188 Å². The van der Waals surface area contributed by atoms with Gasteiger partial charge in [0.1, 0.15) is 0 Å². The highest BCUT2D eigenvalue weighted by molar-refractivity contribution is 6.04. The van der Waals surface area contributed by atoms with Crippen LogP contribution in [-0.2, 0) is 0 Å². The van der Waals surface area contributed by atoms with E-state index in [1.807, 2.05) is 36.4 Å². The van der Waals surface area contributed by atoms with Crippen molar-refractivity contribution >= 4 is 21.5 Å². The first kappa shape index (κ1) is 29.4. The second-order valence-electron chi connectivity index (χ2n) is 12.5. The molecule has 0 spiro atoms. The summed E-state index contributed by atoms with van der Waals surface area (Å²) in [6, 6.07) is 65.9. The van der Waals surface area contributed by atoms with Gasteiger partial charge in [-0.05, 0) is 73.1 Å². The van der Waals surface area contributed by atoms with Gasteiger partial charge in [0.15, 0.2) is 17.5 Å². The molecule has 1 aromatic heterocycles. The lowest BCUT2D eigenvalue weighted by atomic mass is 9.89. The molecule has 0 unspecified atom stereocenters. The van der Waals surface area contributed by atoms with Crippen LogP contribution in [0, 0.1) is 0 Å². The van der Waals surface area contributed by atoms with E-state index in [0.29, 0.717) is 17.5 Å². The van der Waals surface area contributed by atoms with Crippen molar-refractivity contribution < 1.29 is 0 Å². The van der Waals surface area contributed by atoms with Gasteiger partial charge in [0.05, 0.1) is 0 Å². The van der Waals surface area contributed by atoms with Crippen molar-refractivity contribution in [2.24, 2.45) is 0 Å². The molecule has 0 aliphatic heterocycles. The predicted molar refractivity (Wildman–Crippen MR) is 207 cm³/mol. The Morgan fingerprint density at radius 2 is 0.740 bits per heavy atom. The van der Waals surface area contributed by atoms with Crippen LogP contribution in [-0.4, -0.2) is 15.0 Å². The fraction of sp³-hybridized carbons (Fsp3) is 0. The quantitative estimate of drug-likeness (QED) is 0.182. The van der Waals surface area contributed by atoms with Gasteiger partial charge in [-0.3, -0.25) is 0 Å². The van der Waals surface area contributed by atoms with Gasteiger partial charge in [0.2, 0.25) is 0 Å². The largest absolute Gasteiger partial charge is 0.208 e. The molecule has 234 valence electrons. The monoisotopic (exact) mass is 637 g/mol. The minimum atomic E-state index is 0.636. The van der Waals surface area contributed by atoms with Gasteiger partial charge in [-0.2, -0.15) is 0 Å². The van der Waals surface area contributed by atoms with Crippen LogP contribution < -0.4 is 0 Å². The second-order valence-corrected chi connectivity index (χ2v) is 12.5. The lowest BCUT2D eigenvalue weighted by Crippen LogP contribution is -2.00. The van der Waals surface area contributed by atoms with Crippen LogP contribution in [0.15, 0.2) is 188 Å². The summed E-state index contributed by atoms with van der Waals surface area (Å²) in [5.74, 6) is 1.92. The molecule has 0 saturated heterocycles. The summed E-state index contributed by atoms with van der Waals surface area (Å²) in [6.45, 7) is 0. The third kappa shape index (κ3) is 5.61. The van der Waals surface area contributed by atoms with Crippen molar-refractivity contribution in [3.8, 4) is 67.5 Å². The molecule has 9 aromatic rings. The third-order valence-electron chi connectivity index (χ3n) is 9.30. The zero-order chi connectivity index (χ0) is 33.3. The smallest absolute Gasteiger partial charge is 0.164 e. The molecule has 3 nitrogen and oxygen atoms in total. The Morgan fingerprint density at radius 3 is 1.44 bits per heavy atom. The van der Waals surface area contributed by atoms with Gasteiger partial charge in [-0.15, -0.1) is 0 Å². The molecule has 0 amide bonds. The summed E-state index contributed by atoms with van der Waals surface area (Å²) >= 11 is 0. The van der Waals surface area contributed by atoms with Gasteiger partial charge in [-0.25, -0.2) is 15.0 Å². The van der Waals surface area contributed by atoms with Gasteiger partial charge < -0.3 is 0 Å². The normalized spacial score (nSPS) is 11.2. The molecule has 50 heavy (non-hydrogen) atoms. The molecule has 1 heterocycles. The Balaban J connectivity index is 1.19. The zero-order valence-electron chi connectivity index (χ0n) is 27.2. The van der Waals surface area contributed by atoms with E-state index < -0.39 is 0 Å². The first-order valence-electron chi connectivity index (χ1n) is 16.9. The van der Waals surface area contributed by atoms with E-state index in [9.17, 15) is 0 Å². The maximum Gasteiger partial charge on any atom is 0.164 e. The van der Waals surface area contributed by atoms with E-state index in [4.69, 9.17) is 15.0 Å². The van der Waals surface area contributed by atoms with Crippen LogP contribution in [0.3, 0.4) is 0 Å². The highest BCUT2D eigenvalue weighted by Gasteiger charge is 2.16. The molecule has 0 aliphatic carbocycles. The van der Waals surface area contributed by atoms with Gasteiger partial charge in [0, 0.05) is 16.7 Å². The predicted octanol–water partition coefficient (Wildman–Crippen LogP) is 12.2. The molecular weight excluding hydrogens is 607 g/mol. The average Bonchev–Trinajstić information content (AvgIpc) is 3.21. The summed E-state index contributed by atoms with van der Waals surface area (Å²) in [7, 11) is 0. The standard InChI is InChI=1S/C47H31N3/c1-4-13-32(14-5-1)36-23-24-38-30-41(26-25-37(38)29-36)47-49-45(35-18-8-3-9-19-35)48-46(50-47)40-21-12-20-39(31-40)44-42-22-11-10-17-34(42)27-28-43(44)33-15-6-2-7-16-33/h1-31H. The van der Waals surface area contributed by atoms with Crippen molar-refractivity contribution in [2.75, 3.05) is 0 Å². The number of aromatic nitrogens is 3. The highest BCUT2D eigenvalue weighted by atomic mass is 15.0. The number of benzene rings is 8. The van der Waals surface area contributed by atoms with Crippen molar-refractivity contribution in [2.45, 2.75) is 0 Å². The molecule has 0 radical (unpaired) electrons. The van der Waals surface area contributed by atoms with Crippen LogP contribution >= 0.6 is 0 Å². The summed E-state index contributed by atoms with van der Waals surface area (Å²) in [6.07, 6.45) is 0. The Labute approximate surface area is 291 Å². The maximum absolute atomic E-state index is 5.13. The van der Waals surface area contributed by atoms with Crippen LogP contribution in [0.25, 0.3) is 89.1 Å². The lowest BCUT2D eigenvalue weighted by molar-refractivity contribution is 1.07. The van der Waals surface area contributed by atoms with Gasteiger partial charge in [-0.1, -0.05) is 170 Å². The molecular formula is C47H31N3. The van der Waals surface area contributed by atoms with Crippen LogP contribution in [0.5, 0.6) is 0 Å². The third-order valence-corrected chi connectivity index (χ3v) is 9.30. The first-order valence-corrected chi connectivity index (χ1v) is 16.9. The summed E-state index contributed by atoms with van der Waals surface area (Å²) < 4.78 is 0. The van der Waals surface area contributed by atoms with E-state index in [-0.39, 0.29) is 0 Å². The Kier molecular flexibility index (Phi) is 7.49. The average molecular weight is 638 g/mol. The highest BCUT2D eigenvalue weighted by Crippen LogP contribution is 2.39. The Morgan fingerprint density at radius 1 is 0.260 bits per heavy atom. The van der Waals surface area contributed by atoms with Gasteiger partial charge >= 0.3 is 0 Å². The van der Waals surface area contributed by atoms with Crippen LogP contribution in [0.2, 0.25) is 0 Å². The molecule has 0 fully saturated rings. The van der Waals surface area contributed by atoms with E-state index in [1.165, 1.54) is 44.0 Å². The summed E-state index contributed by atoms with van der Waals surface area (Å²) in [5.41, 5.74) is 9.90. The topological polar surface area (TPSA) is 38.7 Å². The molecule has 9 rings (SSSR count). The van der Waals surface area contributed by atoms with Crippen LogP contribution in [0.1, 0.15) is 0 Å². The van der Waals surface area contributed by atoms with Crippen molar-refractivity contribution in [1.29, 1.82) is 0 Å². The summed E-state index contributed by atoms with van der Waals surface area (Å²) in [5, 5.41) is 4.72. The molecule has 8 aromatic carbocycles. The number of hydrogen-bond acceptors (Lipinski definition) is 3. The fourth-order valence-corrected chi connectivity index (χ4v) is 6.80. The minimum absolute atomic E-state index is 0.636. The lowest BCUT2D eigenvalue weighted by Gasteiger charge is -2.15. The number of rotatable bonds is 6. The molecule has 0 N–H and O–H groups in total. The molecule has 3 heteroatoms. The van der Waals surface area contributed by atoms with Crippen molar-refractivity contribution in [1.82, 2.24) is 15.0 Å². The molecule has 0 aliphatic rings. The number of hydrogen-bond donors (Lipinski definition) is 0. The van der Waals surface area contributed by atoms with E-state index >= 15 is 0 Å². The second kappa shape index (κ2) is 12.7. The number of nitrogens with zero attached hydrogens (tertiary/aromatic N) is 3. The van der Waals surface area contributed by atoms with E-state index in [1.54, 1.807) is 0 Å². The molecule has 0 saturated carbocycles. The van der Waals surface area contributed by atoms with E-state index in [2.05, 4.69) is 152 Å². The van der Waals surface area contributed by atoms with Crippen LogP contribution in [0.4, 0.5) is 0 Å². The fourth-order valence-electron chi connectivity index (χ4n) is 6.80. The van der Waals surface area contributed by atoms with Crippen molar-refractivity contribution in [3.63, 3.8) is 0 Å². The summed E-state index contributed by atoms with van der Waals surface area (Å²) in [4.78, 5) is 15.2. The van der Waals surface area contributed by atoms with E-state index in [0.717, 1.165) is 27.6 Å². The Hall–Kier alpha value is -6.71. The SMILES string of the molecule is c1ccc(-c2ccc3cc(-c4nc(-c5ccccc5)nc(-c5cccc(-c6c(-c7ccccc7)ccc7ccccc67)c5)n4)ccc3c2)cc1. The molecule has 0 bridgehead atoms.